The molecule has 4 nitrogen and oxygen atoms in total. The molecular formula is C16H24N2O2. The molecular weight excluding hydrogens is 252 g/mol. The van der Waals surface area contributed by atoms with Gasteiger partial charge in [0.25, 0.3) is 0 Å². The van der Waals surface area contributed by atoms with Crippen LogP contribution in [0.5, 0.6) is 0 Å². The largest absolute Gasteiger partial charge is 0.396 e. The Morgan fingerprint density at radius 3 is 2.40 bits per heavy atom. The summed E-state index contributed by atoms with van der Waals surface area (Å²) in [5.74, 6) is 0.0506. The third kappa shape index (κ3) is 3.38. The van der Waals surface area contributed by atoms with Gasteiger partial charge in [0.15, 0.2) is 0 Å². The number of aliphatic hydroxyl groups excluding tert-OH is 1. The molecule has 0 atom stereocenters. The van der Waals surface area contributed by atoms with Crippen LogP contribution < -0.4 is 11.1 Å². The van der Waals surface area contributed by atoms with Crippen LogP contribution in [0.4, 0.5) is 5.69 Å². The first-order valence-corrected chi connectivity index (χ1v) is 7.41. The number of carbonyl (C=O) groups excluding carboxylic acids is 1. The van der Waals surface area contributed by atoms with Gasteiger partial charge in [-0.15, -0.1) is 0 Å². The van der Waals surface area contributed by atoms with Gasteiger partial charge in [0.2, 0.25) is 5.91 Å². The van der Waals surface area contributed by atoms with E-state index in [1.807, 2.05) is 24.3 Å². The SMILES string of the molecule is NCC1(C(=O)Nc2ccc(CCO)cc2)CCCCC1. The number of hydrogen-bond donors (Lipinski definition) is 3. The van der Waals surface area contributed by atoms with E-state index in [1.54, 1.807) is 0 Å². The van der Waals surface area contributed by atoms with Crippen LogP contribution in [-0.2, 0) is 11.2 Å². The van der Waals surface area contributed by atoms with Gasteiger partial charge in [0.05, 0.1) is 5.41 Å². The molecule has 0 heterocycles. The number of amides is 1. The predicted molar refractivity (Wildman–Crippen MR) is 80.4 cm³/mol. The minimum atomic E-state index is -0.387. The van der Waals surface area contributed by atoms with E-state index in [0.717, 1.165) is 36.9 Å². The molecule has 1 aliphatic rings. The highest BCUT2D eigenvalue weighted by atomic mass is 16.2. The number of hydrogen-bond acceptors (Lipinski definition) is 3. The maximum Gasteiger partial charge on any atom is 0.231 e. The fourth-order valence-corrected chi connectivity index (χ4v) is 2.90. The van der Waals surface area contributed by atoms with Crippen LogP contribution in [0.3, 0.4) is 0 Å². The van der Waals surface area contributed by atoms with Gasteiger partial charge in [-0.05, 0) is 37.0 Å². The Labute approximate surface area is 120 Å². The first-order chi connectivity index (χ1) is 9.70. The molecule has 110 valence electrons. The van der Waals surface area contributed by atoms with Crippen LogP contribution in [0.15, 0.2) is 24.3 Å². The van der Waals surface area contributed by atoms with Crippen molar-refractivity contribution in [2.75, 3.05) is 18.5 Å². The summed E-state index contributed by atoms with van der Waals surface area (Å²) in [6, 6.07) is 7.63. The molecule has 1 fully saturated rings. The predicted octanol–water partition coefficient (Wildman–Crippen LogP) is 2.07. The summed E-state index contributed by atoms with van der Waals surface area (Å²) in [6.07, 6.45) is 5.78. The van der Waals surface area contributed by atoms with Crippen molar-refractivity contribution < 1.29 is 9.90 Å². The summed E-state index contributed by atoms with van der Waals surface area (Å²) in [7, 11) is 0. The molecule has 0 unspecified atom stereocenters. The standard InChI is InChI=1S/C16H24N2O2/c17-12-16(9-2-1-3-10-16)15(20)18-14-6-4-13(5-7-14)8-11-19/h4-7,19H,1-3,8-12,17H2,(H,18,20). The number of benzene rings is 1. The Morgan fingerprint density at radius 2 is 1.85 bits per heavy atom. The average Bonchev–Trinajstić information content (AvgIpc) is 2.50. The molecule has 0 aliphatic heterocycles. The Balaban J connectivity index is 2.02. The second kappa shape index (κ2) is 6.86. The summed E-state index contributed by atoms with van der Waals surface area (Å²) in [6.45, 7) is 0.559. The first-order valence-electron chi connectivity index (χ1n) is 7.41. The molecule has 1 amide bonds. The molecule has 1 aliphatic carbocycles. The molecule has 1 aromatic carbocycles. The summed E-state index contributed by atoms with van der Waals surface area (Å²) >= 11 is 0. The Kier molecular flexibility index (Phi) is 5.15. The van der Waals surface area contributed by atoms with Crippen LogP contribution in [-0.4, -0.2) is 24.2 Å². The zero-order valence-electron chi connectivity index (χ0n) is 11.9. The second-order valence-corrected chi connectivity index (χ2v) is 5.67. The van der Waals surface area contributed by atoms with E-state index in [4.69, 9.17) is 10.8 Å². The molecule has 0 aromatic heterocycles. The number of anilines is 1. The molecule has 0 saturated heterocycles. The fraction of sp³-hybridized carbons (Fsp3) is 0.562. The Bertz CT molecular complexity index is 436. The van der Waals surface area contributed by atoms with Crippen molar-refractivity contribution in [1.29, 1.82) is 0 Å². The van der Waals surface area contributed by atoms with Crippen LogP contribution in [0.1, 0.15) is 37.7 Å². The summed E-state index contributed by atoms with van der Waals surface area (Å²) in [5.41, 5.74) is 7.35. The van der Waals surface area contributed by atoms with Crippen molar-refractivity contribution in [1.82, 2.24) is 0 Å². The molecule has 1 aromatic rings. The van der Waals surface area contributed by atoms with Crippen molar-refractivity contribution in [3.63, 3.8) is 0 Å². The van der Waals surface area contributed by atoms with E-state index >= 15 is 0 Å². The van der Waals surface area contributed by atoms with Gasteiger partial charge in [0.1, 0.15) is 0 Å². The highest BCUT2D eigenvalue weighted by molar-refractivity contribution is 5.95. The van der Waals surface area contributed by atoms with Crippen LogP contribution >= 0.6 is 0 Å². The Morgan fingerprint density at radius 1 is 1.20 bits per heavy atom. The molecule has 0 bridgehead atoms. The van der Waals surface area contributed by atoms with Crippen molar-refractivity contribution in [3.8, 4) is 0 Å². The van der Waals surface area contributed by atoms with Gasteiger partial charge in [-0.1, -0.05) is 31.4 Å². The van der Waals surface area contributed by atoms with E-state index in [2.05, 4.69) is 5.32 Å². The van der Waals surface area contributed by atoms with Crippen LogP contribution in [0.2, 0.25) is 0 Å². The van der Waals surface area contributed by atoms with E-state index in [9.17, 15) is 4.79 Å². The third-order valence-electron chi connectivity index (χ3n) is 4.30. The lowest BCUT2D eigenvalue weighted by Crippen LogP contribution is -2.43. The fourth-order valence-electron chi connectivity index (χ4n) is 2.90. The normalized spacial score (nSPS) is 17.7. The van der Waals surface area contributed by atoms with Gasteiger partial charge in [-0.25, -0.2) is 0 Å². The van der Waals surface area contributed by atoms with E-state index in [-0.39, 0.29) is 17.9 Å². The first kappa shape index (κ1) is 15.0. The molecule has 0 spiro atoms. The second-order valence-electron chi connectivity index (χ2n) is 5.67. The zero-order chi connectivity index (χ0) is 14.4. The smallest absolute Gasteiger partial charge is 0.231 e. The number of aliphatic hydroxyl groups is 1. The van der Waals surface area contributed by atoms with E-state index in [0.29, 0.717) is 13.0 Å². The monoisotopic (exact) mass is 276 g/mol. The lowest BCUT2D eigenvalue weighted by Gasteiger charge is -2.34. The summed E-state index contributed by atoms with van der Waals surface area (Å²) in [4.78, 5) is 12.5. The third-order valence-corrected chi connectivity index (χ3v) is 4.30. The van der Waals surface area contributed by atoms with Crippen LogP contribution in [0.25, 0.3) is 0 Å². The van der Waals surface area contributed by atoms with Gasteiger partial charge in [0, 0.05) is 18.8 Å². The van der Waals surface area contributed by atoms with E-state index in [1.165, 1.54) is 6.42 Å². The molecule has 0 radical (unpaired) electrons. The lowest BCUT2D eigenvalue weighted by atomic mass is 9.73. The molecule has 2 rings (SSSR count). The summed E-state index contributed by atoms with van der Waals surface area (Å²) in [5, 5.41) is 11.9. The zero-order valence-corrected chi connectivity index (χ0v) is 11.9. The maximum absolute atomic E-state index is 12.5. The topological polar surface area (TPSA) is 75.4 Å². The average molecular weight is 276 g/mol. The molecule has 4 N–H and O–H groups in total. The van der Waals surface area contributed by atoms with Crippen molar-refractivity contribution in [2.24, 2.45) is 11.1 Å². The van der Waals surface area contributed by atoms with Crippen molar-refractivity contribution in [3.05, 3.63) is 29.8 Å². The number of nitrogens with one attached hydrogen (secondary N) is 1. The van der Waals surface area contributed by atoms with E-state index < -0.39 is 0 Å². The van der Waals surface area contributed by atoms with Gasteiger partial charge in [-0.2, -0.15) is 0 Å². The molecule has 1 saturated carbocycles. The molecule has 4 heteroatoms. The highest BCUT2D eigenvalue weighted by Gasteiger charge is 2.38. The minimum Gasteiger partial charge on any atom is -0.396 e. The van der Waals surface area contributed by atoms with Gasteiger partial charge in [-0.3, -0.25) is 4.79 Å². The van der Waals surface area contributed by atoms with Gasteiger partial charge >= 0.3 is 0 Å². The molecule has 20 heavy (non-hydrogen) atoms. The maximum atomic E-state index is 12.5. The lowest BCUT2D eigenvalue weighted by molar-refractivity contribution is -0.126. The number of nitrogens with two attached hydrogens (primary N) is 1. The van der Waals surface area contributed by atoms with Crippen LogP contribution in [0, 0.1) is 5.41 Å². The number of carbonyl (C=O) groups is 1. The summed E-state index contributed by atoms with van der Waals surface area (Å²) < 4.78 is 0. The quantitative estimate of drug-likeness (QED) is 0.770. The van der Waals surface area contributed by atoms with Gasteiger partial charge < -0.3 is 16.2 Å². The van der Waals surface area contributed by atoms with Crippen molar-refractivity contribution >= 4 is 11.6 Å². The van der Waals surface area contributed by atoms with Crippen molar-refractivity contribution in [2.45, 2.75) is 38.5 Å². The minimum absolute atomic E-state index is 0.0506. The highest BCUT2D eigenvalue weighted by Crippen LogP contribution is 2.36. The number of rotatable bonds is 5. The Hall–Kier alpha value is -1.39.